The molecule has 0 radical (unpaired) electrons. The van der Waals surface area contributed by atoms with Gasteiger partial charge in [0.25, 0.3) is 0 Å². The molecule has 0 spiro atoms. The summed E-state index contributed by atoms with van der Waals surface area (Å²) < 4.78 is 35.3. The van der Waals surface area contributed by atoms with Crippen LogP contribution >= 0.6 is 0 Å². The third-order valence-corrected chi connectivity index (χ3v) is 10.4. The molecule has 11 nitrogen and oxygen atoms in total. The first-order valence-corrected chi connectivity index (χ1v) is 17.2. The number of fused-ring (bicyclic) bond motifs is 1. The molecule has 0 unspecified atom stereocenters. The standard InChI is InChI=1S/C36H50FN3O8/c1-36(2,3)48-35(44)39-28(20-37)22-6-8-23(9-7-22)33(42)40-17-16-27(21-10-13-26(45-4)14-11-21)31(40)32(41)38-25-12-15-29-24(18-25)19-30(47-29)34(43)46-5/h12,15,18-19,21-23,26-28,31H,6-11,13-14,16-17,20H2,1-5H3,(H,38,41)(H,39,44)/t21?,22?,23?,26?,27-,28+,31-/m0/s1. The monoisotopic (exact) mass is 671 g/mol. The maximum absolute atomic E-state index is 14.2. The minimum Gasteiger partial charge on any atom is -0.463 e. The number of alkyl carbamates (subject to hydrolysis) is 1. The van der Waals surface area contributed by atoms with Crippen LogP contribution in [0.15, 0.2) is 28.7 Å². The lowest BCUT2D eigenvalue weighted by Crippen LogP contribution is -2.50. The number of furan rings is 1. The van der Waals surface area contributed by atoms with E-state index >= 15 is 0 Å². The molecule has 3 fully saturated rings. The number of carbonyl (C=O) groups is 4. The highest BCUT2D eigenvalue weighted by Gasteiger charge is 2.47. The van der Waals surface area contributed by atoms with Crippen LogP contribution < -0.4 is 10.6 Å². The number of carbonyl (C=O) groups excluding carboxylic acids is 4. The molecule has 3 amide bonds. The molecule has 3 atom stereocenters. The average molecular weight is 672 g/mol. The summed E-state index contributed by atoms with van der Waals surface area (Å²) in [6.45, 7) is 5.07. The Morgan fingerprint density at radius 2 is 1.69 bits per heavy atom. The molecule has 1 aromatic carbocycles. The predicted molar refractivity (Wildman–Crippen MR) is 177 cm³/mol. The van der Waals surface area contributed by atoms with E-state index in [0.29, 0.717) is 54.8 Å². The van der Waals surface area contributed by atoms with Crippen molar-refractivity contribution in [3.05, 3.63) is 30.0 Å². The minimum absolute atomic E-state index is 0.0145. The van der Waals surface area contributed by atoms with Crippen molar-refractivity contribution in [3.63, 3.8) is 0 Å². The lowest BCUT2D eigenvalue weighted by molar-refractivity contribution is -0.142. The van der Waals surface area contributed by atoms with Gasteiger partial charge in [-0.15, -0.1) is 0 Å². The Labute approximate surface area is 281 Å². The van der Waals surface area contributed by atoms with E-state index in [1.165, 1.54) is 7.11 Å². The van der Waals surface area contributed by atoms with E-state index in [0.717, 1.165) is 32.1 Å². The van der Waals surface area contributed by atoms with E-state index in [1.807, 2.05) is 0 Å². The number of likely N-dealkylation sites (tertiary alicyclic amines) is 1. The Morgan fingerprint density at radius 3 is 2.31 bits per heavy atom. The number of amides is 3. The van der Waals surface area contributed by atoms with E-state index < -0.39 is 36.4 Å². The van der Waals surface area contributed by atoms with Gasteiger partial charge in [-0.3, -0.25) is 9.59 Å². The number of ether oxygens (including phenoxy) is 3. The zero-order valence-corrected chi connectivity index (χ0v) is 28.7. The molecule has 2 aromatic rings. The molecule has 5 rings (SSSR count). The number of halogens is 1. The number of hydrogen-bond donors (Lipinski definition) is 2. The number of hydrogen-bond acceptors (Lipinski definition) is 8. The average Bonchev–Trinajstić information content (AvgIpc) is 3.71. The highest BCUT2D eigenvalue weighted by molar-refractivity contribution is 6.00. The second-order valence-corrected chi connectivity index (χ2v) is 14.6. The highest BCUT2D eigenvalue weighted by atomic mass is 19.1. The second kappa shape index (κ2) is 15.3. The SMILES string of the molecule is COC(=O)c1cc2cc(NC(=O)[C@@H]3[C@H](C4CCC(OC)CC4)CCN3C(=O)C3CCC([C@@H](CF)NC(=O)OC(C)(C)C)CC3)ccc2o1. The molecular formula is C36H50FN3O8. The van der Waals surface area contributed by atoms with Gasteiger partial charge in [0.15, 0.2) is 0 Å². The zero-order chi connectivity index (χ0) is 34.6. The summed E-state index contributed by atoms with van der Waals surface area (Å²) >= 11 is 0. The first-order valence-electron chi connectivity index (χ1n) is 17.2. The maximum Gasteiger partial charge on any atom is 0.407 e. The van der Waals surface area contributed by atoms with Crippen LogP contribution in [0.2, 0.25) is 0 Å². The van der Waals surface area contributed by atoms with Crippen molar-refractivity contribution in [1.29, 1.82) is 0 Å². The van der Waals surface area contributed by atoms with E-state index in [-0.39, 0.29) is 41.4 Å². The molecule has 12 heteroatoms. The third-order valence-electron chi connectivity index (χ3n) is 10.4. The van der Waals surface area contributed by atoms with Crippen molar-refractivity contribution in [3.8, 4) is 0 Å². The molecule has 2 aliphatic carbocycles. The van der Waals surface area contributed by atoms with Gasteiger partial charge in [-0.2, -0.15) is 0 Å². The first-order chi connectivity index (χ1) is 22.9. The van der Waals surface area contributed by atoms with Gasteiger partial charge in [0.1, 0.15) is 23.9 Å². The van der Waals surface area contributed by atoms with E-state index in [1.54, 1.807) is 57.0 Å². The number of rotatable bonds is 9. The minimum atomic E-state index is -0.710. The van der Waals surface area contributed by atoms with Crippen molar-refractivity contribution in [2.45, 2.75) is 102 Å². The van der Waals surface area contributed by atoms with Crippen molar-refractivity contribution < 1.29 is 42.2 Å². The van der Waals surface area contributed by atoms with Crippen LogP contribution in [0.25, 0.3) is 11.0 Å². The summed E-state index contributed by atoms with van der Waals surface area (Å²) in [7, 11) is 3.02. The lowest BCUT2D eigenvalue weighted by Gasteiger charge is -2.38. The normalized spacial score (nSPS) is 26.9. The molecule has 48 heavy (non-hydrogen) atoms. The number of nitrogens with one attached hydrogen (secondary N) is 2. The van der Waals surface area contributed by atoms with Crippen LogP contribution in [-0.2, 0) is 23.8 Å². The smallest absolute Gasteiger partial charge is 0.407 e. The largest absolute Gasteiger partial charge is 0.463 e. The number of alkyl halides is 1. The highest BCUT2D eigenvalue weighted by Crippen LogP contribution is 2.42. The Morgan fingerprint density at radius 1 is 0.979 bits per heavy atom. The van der Waals surface area contributed by atoms with Crippen molar-refractivity contribution in [2.24, 2.45) is 23.7 Å². The summed E-state index contributed by atoms with van der Waals surface area (Å²) in [5.41, 5.74) is 0.348. The molecule has 1 aliphatic heterocycles. The van der Waals surface area contributed by atoms with Gasteiger partial charge >= 0.3 is 12.1 Å². The van der Waals surface area contributed by atoms with Crippen molar-refractivity contribution in [1.82, 2.24) is 10.2 Å². The van der Waals surface area contributed by atoms with Gasteiger partial charge in [-0.25, -0.2) is 14.0 Å². The molecule has 2 N–H and O–H groups in total. The Kier molecular flexibility index (Phi) is 11.3. The molecule has 264 valence electrons. The van der Waals surface area contributed by atoms with Crippen LogP contribution in [0.4, 0.5) is 14.9 Å². The number of methoxy groups -OCH3 is 2. The van der Waals surface area contributed by atoms with Gasteiger partial charge in [-0.05, 0) is 121 Å². The number of benzene rings is 1. The van der Waals surface area contributed by atoms with E-state index in [9.17, 15) is 23.6 Å². The molecule has 2 saturated carbocycles. The van der Waals surface area contributed by atoms with E-state index in [2.05, 4.69) is 10.6 Å². The zero-order valence-electron chi connectivity index (χ0n) is 28.7. The van der Waals surface area contributed by atoms with Crippen LogP contribution in [0.1, 0.15) is 89.1 Å². The summed E-state index contributed by atoms with van der Waals surface area (Å²) in [6.07, 6.45) is 6.35. The Balaban J connectivity index is 1.28. The molecule has 0 bridgehead atoms. The first kappa shape index (κ1) is 35.6. The number of anilines is 1. The maximum atomic E-state index is 14.2. The predicted octanol–water partition coefficient (Wildman–Crippen LogP) is 6.25. The molecular weight excluding hydrogens is 621 g/mol. The summed E-state index contributed by atoms with van der Waals surface area (Å²) in [5.74, 6) is -0.856. The summed E-state index contributed by atoms with van der Waals surface area (Å²) in [5, 5.41) is 6.39. The number of esters is 1. The fourth-order valence-corrected chi connectivity index (χ4v) is 7.93. The molecule has 1 aromatic heterocycles. The van der Waals surface area contributed by atoms with Gasteiger partial charge < -0.3 is 34.2 Å². The summed E-state index contributed by atoms with van der Waals surface area (Å²) in [6, 6.07) is 5.43. The van der Waals surface area contributed by atoms with Crippen LogP contribution in [0.5, 0.6) is 0 Å². The van der Waals surface area contributed by atoms with Crippen LogP contribution in [0, 0.1) is 23.7 Å². The molecule has 3 aliphatic rings. The fraction of sp³-hybridized carbons (Fsp3) is 0.667. The second-order valence-electron chi connectivity index (χ2n) is 14.6. The van der Waals surface area contributed by atoms with Crippen molar-refractivity contribution >= 4 is 40.5 Å². The van der Waals surface area contributed by atoms with Gasteiger partial charge in [0, 0.05) is 30.6 Å². The Hall–Kier alpha value is -3.67. The van der Waals surface area contributed by atoms with E-state index in [4.69, 9.17) is 18.6 Å². The van der Waals surface area contributed by atoms with Gasteiger partial charge in [0.2, 0.25) is 17.6 Å². The molecule has 1 saturated heterocycles. The van der Waals surface area contributed by atoms with Gasteiger partial charge in [-0.1, -0.05) is 0 Å². The lowest BCUT2D eigenvalue weighted by atomic mass is 9.75. The van der Waals surface area contributed by atoms with Gasteiger partial charge in [0.05, 0.1) is 19.3 Å². The van der Waals surface area contributed by atoms with Crippen LogP contribution in [-0.4, -0.2) is 80.0 Å². The van der Waals surface area contributed by atoms with Crippen molar-refractivity contribution in [2.75, 3.05) is 32.8 Å². The summed E-state index contributed by atoms with van der Waals surface area (Å²) in [4.78, 5) is 54.4. The topological polar surface area (TPSA) is 136 Å². The van der Waals surface area contributed by atoms with Crippen LogP contribution in [0.3, 0.4) is 0 Å². The Bertz CT molecular complexity index is 1450. The number of nitrogens with zero attached hydrogens (tertiary/aromatic N) is 1. The third kappa shape index (κ3) is 8.30. The molecule has 2 heterocycles. The quantitative estimate of drug-likeness (QED) is 0.299. The fourth-order valence-electron chi connectivity index (χ4n) is 7.93.